The molecule has 0 fully saturated rings. The maximum atomic E-state index is 10.5. The highest BCUT2D eigenvalue weighted by molar-refractivity contribution is 5.24. The Morgan fingerprint density at radius 2 is 1.95 bits per heavy atom. The number of rotatable bonds is 5. The molecule has 0 radical (unpaired) electrons. The Kier molecular flexibility index (Phi) is 3.97. The van der Waals surface area contributed by atoms with Crippen molar-refractivity contribution in [2.45, 2.75) is 26.4 Å². The fourth-order valence-corrected chi connectivity index (χ4v) is 1.79. The summed E-state index contributed by atoms with van der Waals surface area (Å²) in [4.78, 5) is 9.96. The van der Waals surface area contributed by atoms with Crippen molar-refractivity contribution >= 4 is 5.88 Å². The first kappa shape index (κ1) is 13.3. The predicted molar refractivity (Wildman–Crippen MR) is 71.8 cm³/mol. The van der Waals surface area contributed by atoms with Gasteiger partial charge in [-0.1, -0.05) is 29.8 Å². The SMILES string of the molecule is Cc1ccc(C(C)NCc2ccc([N+](=O)[O-])o2)cc1. The number of nitrogens with zero attached hydrogens (tertiary/aromatic N) is 1. The highest BCUT2D eigenvalue weighted by Crippen LogP contribution is 2.17. The average molecular weight is 260 g/mol. The van der Waals surface area contributed by atoms with Crippen LogP contribution in [0.4, 0.5) is 5.88 Å². The number of nitro groups is 1. The molecule has 19 heavy (non-hydrogen) atoms. The van der Waals surface area contributed by atoms with Crippen LogP contribution in [0.5, 0.6) is 0 Å². The summed E-state index contributed by atoms with van der Waals surface area (Å²) >= 11 is 0. The molecule has 1 N–H and O–H groups in total. The van der Waals surface area contributed by atoms with Gasteiger partial charge >= 0.3 is 5.88 Å². The first-order valence-corrected chi connectivity index (χ1v) is 6.09. The summed E-state index contributed by atoms with van der Waals surface area (Å²) in [5.41, 5.74) is 2.39. The molecule has 100 valence electrons. The number of aryl methyl sites for hydroxylation is 1. The van der Waals surface area contributed by atoms with Crippen LogP contribution in [0.2, 0.25) is 0 Å². The van der Waals surface area contributed by atoms with E-state index in [0.717, 1.165) is 0 Å². The lowest BCUT2D eigenvalue weighted by atomic mass is 10.1. The van der Waals surface area contributed by atoms with Crippen LogP contribution in [0.1, 0.15) is 29.9 Å². The number of benzene rings is 1. The zero-order chi connectivity index (χ0) is 13.8. The van der Waals surface area contributed by atoms with Gasteiger partial charge in [0.25, 0.3) is 0 Å². The van der Waals surface area contributed by atoms with E-state index in [4.69, 9.17) is 4.42 Å². The maximum Gasteiger partial charge on any atom is 0.433 e. The van der Waals surface area contributed by atoms with Crippen molar-refractivity contribution in [1.29, 1.82) is 0 Å². The van der Waals surface area contributed by atoms with E-state index in [9.17, 15) is 10.1 Å². The Balaban J connectivity index is 1.94. The van der Waals surface area contributed by atoms with Crippen LogP contribution in [-0.4, -0.2) is 4.92 Å². The van der Waals surface area contributed by atoms with E-state index in [1.165, 1.54) is 17.2 Å². The normalized spacial score (nSPS) is 12.3. The molecule has 0 aliphatic carbocycles. The van der Waals surface area contributed by atoms with Crippen LogP contribution in [0.25, 0.3) is 0 Å². The molecule has 1 aromatic heterocycles. The predicted octanol–water partition coefficient (Wildman–Crippen LogP) is 3.35. The molecule has 1 aromatic carbocycles. The lowest BCUT2D eigenvalue weighted by Gasteiger charge is -2.13. The fourth-order valence-electron chi connectivity index (χ4n) is 1.79. The number of hydrogen-bond acceptors (Lipinski definition) is 4. The molecule has 5 nitrogen and oxygen atoms in total. The summed E-state index contributed by atoms with van der Waals surface area (Å²) in [7, 11) is 0. The van der Waals surface area contributed by atoms with Gasteiger partial charge in [0.15, 0.2) is 0 Å². The van der Waals surface area contributed by atoms with E-state index in [1.54, 1.807) is 6.07 Å². The van der Waals surface area contributed by atoms with Crippen LogP contribution in [0.15, 0.2) is 40.8 Å². The first-order valence-electron chi connectivity index (χ1n) is 6.09. The van der Waals surface area contributed by atoms with E-state index in [-0.39, 0.29) is 11.9 Å². The third-order valence-electron chi connectivity index (χ3n) is 2.99. The minimum atomic E-state index is -0.535. The van der Waals surface area contributed by atoms with Gasteiger partial charge in [0.2, 0.25) is 0 Å². The van der Waals surface area contributed by atoms with E-state index in [2.05, 4.69) is 29.6 Å². The van der Waals surface area contributed by atoms with Gasteiger partial charge in [-0.2, -0.15) is 0 Å². The zero-order valence-corrected chi connectivity index (χ0v) is 10.9. The van der Waals surface area contributed by atoms with E-state index < -0.39 is 4.92 Å². The summed E-state index contributed by atoms with van der Waals surface area (Å²) in [5.74, 6) is 0.338. The lowest BCUT2D eigenvalue weighted by Crippen LogP contribution is -2.17. The van der Waals surface area contributed by atoms with Gasteiger partial charge in [-0.05, 0) is 25.5 Å². The molecule has 1 unspecified atom stereocenters. The molecule has 0 aliphatic rings. The second-order valence-electron chi connectivity index (χ2n) is 4.51. The molecular formula is C14H16N2O3. The largest absolute Gasteiger partial charge is 0.433 e. The Labute approximate surface area is 111 Å². The summed E-state index contributed by atoms with van der Waals surface area (Å²) in [6.45, 7) is 4.55. The fraction of sp³-hybridized carbons (Fsp3) is 0.286. The van der Waals surface area contributed by atoms with Gasteiger partial charge in [0, 0.05) is 6.04 Å². The van der Waals surface area contributed by atoms with Crippen LogP contribution >= 0.6 is 0 Å². The quantitative estimate of drug-likeness (QED) is 0.661. The van der Waals surface area contributed by atoms with Crippen molar-refractivity contribution in [2.24, 2.45) is 0 Å². The van der Waals surface area contributed by atoms with E-state index >= 15 is 0 Å². The highest BCUT2D eigenvalue weighted by atomic mass is 16.6. The van der Waals surface area contributed by atoms with Crippen molar-refractivity contribution < 1.29 is 9.34 Å². The molecule has 0 amide bonds. The van der Waals surface area contributed by atoms with Gasteiger partial charge in [0.05, 0.1) is 12.6 Å². The summed E-state index contributed by atoms with van der Waals surface area (Å²) in [5, 5.41) is 13.8. The van der Waals surface area contributed by atoms with Gasteiger partial charge in [-0.3, -0.25) is 10.1 Å². The third-order valence-corrected chi connectivity index (χ3v) is 2.99. The molecule has 2 aromatic rings. The van der Waals surface area contributed by atoms with Crippen molar-refractivity contribution in [2.75, 3.05) is 0 Å². The molecule has 0 spiro atoms. The molecule has 0 saturated carbocycles. The molecule has 5 heteroatoms. The Bertz CT molecular complexity index is 560. The Morgan fingerprint density at radius 1 is 1.26 bits per heavy atom. The number of hydrogen-bond donors (Lipinski definition) is 1. The van der Waals surface area contributed by atoms with Crippen molar-refractivity contribution in [3.8, 4) is 0 Å². The smallest absolute Gasteiger partial charge is 0.404 e. The van der Waals surface area contributed by atoms with Crippen molar-refractivity contribution in [3.63, 3.8) is 0 Å². The van der Waals surface area contributed by atoms with Gasteiger partial charge < -0.3 is 9.73 Å². The third kappa shape index (κ3) is 3.42. The molecule has 0 aliphatic heterocycles. The van der Waals surface area contributed by atoms with Gasteiger partial charge in [-0.15, -0.1) is 0 Å². The minimum Gasteiger partial charge on any atom is -0.404 e. The van der Waals surface area contributed by atoms with Crippen LogP contribution in [0.3, 0.4) is 0 Å². The zero-order valence-electron chi connectivity index (χ0n) is 10.9. The standard InChI is InChI=1S/C14H16N2O3/c1-10-3-5-12(6-4-10)11(2)15-9-13-7-8-14(19-13)16(17)18/h3-8,11,15H,9H2,1-2H3. The van der Waals surface area contributed by atoms with Crippen LogP contribution < -0.4 is 5.32 Å². The molecule has 1 atom stereocenters. The van der Waals surface area contributed by atoms with Gasteiger partial charge in [-0.25, -0.2) is 0 Å². The molecular weight excluding hydrogens is 244 g/mol. The summed E-state index contributed by atoms with van der Waals surface area (Å²) in [6, 6.07) is 11.4. The topological polar surface area (TPSA) is 68.3 Å². The second-order valence-corrected chi connectivity index (χ2v) is 4.51. The Morgan fingerprint density at radius 3 is 2.53 bits per heavy atom. The monoisotopic (exact) mass is 260 g/mol. The Hall–Kier alpha value is -2.14. The lowest BCUT2D eigenvalue weighted by molar-refractivity contribution is -0.402. The average Bonchev–Trinajstić information content (AvgIpc) is 2.86. The van der Waals surface area contributed by atoms with E-state index in [1.807, 2.05) is 13.8 Å². The van der Waals surface area contributed by atoms with Gasteiger partial charge in [0.1, 0.15) is 10.7 Å². The maximum absolute atomic E-state index is 10.5. The highest BCUT2D eigenvalue weighted by Gasteiger charge is 2.12. The molecule has 2 rings (SSSR count). The second kappa shape index (κ2) is 5.67. The number of nitrogens with one attached hydrogen (secondary N) is 1. The summed E-state index contributed by atoms with van der Waals surface area (Å²) < 4.78 is 5.09. The van der Waals surface area contributed by atoms with E-state index in [0.29, 0.717) is 12.3 Å². The van der Waals surface area contributed by atoms with Crippen molar-refractivity contribution in [1.82, 2.24) is 5.32 Å². The van der Waals surface area contributed by atoms with Crippen LogP contribution in [0, 0.1) is 17.0 Å². The summed E-state index contributed by atoms with van der Waals surface area (Å²) in [6.07, 6.45) is 0. The first-order chi connectivity index (χ1) is 9.06. The molecule has 0 bridgehead atoms. The molecule has 1 heterocycles. The number of furan rings is 1. The van der Waals surface area contributed by atoms with Crippen LogP contribution in [-0.2, 0) is 6.54 Å². The molecule has 0 saturated heterocycles. The minimum absolute atomic E-state index is 0.157. The van der Waals surface area contributed by atoms with Crippen molar-refractivity contribution in [3.05, 3.63) is 63.4 Å².